The number of benzene rings is 1. The third-order valence-electron chi connectivity index (χ3n) is 1.95. The summed E-state index contributed by atoms with van der Waals surface area (Å²) >= 11 is 0. The van der Waals surface area contributed by atoms with Crippen molar-refractivity contribution in [2.45, 2.75) is 19.8 Å². The van der Waals surface area contributed by atoms with Crippen LogP contribution in [0.25, 0.3) is 0 Å². The maximum absolute atomic E-state index is 13.2. The number of rotatable bonds is 4. The molecule has 2 nitrogen and oxygen atoms in total. The second kappa shape index (κ2) is 6.86. The summed E-state index contributed by atoms with van der Waals surface area (Å²) in [7, 11) is 0. The second-order valence-electron chi connectivity index (χ2n) is 3.34. The van der Waals surface area contributed by atoms with Gasteiger partial charge in [-0.15, -0.1) is 0 Å². The highest BCUT2D eigenvalue weighted by Gasteiger charge is 1.99. The number of aliphatic hydroxyl groups excluding tert-OH is 1. The number of unbranched alkanes of at least 4 members (excludes halogenated alkanes) is 1. The molecular weight excluding hydrogens is 207 g/mol. The van der Waals surface area contributed by atoms with Crippen LogP contribution in [0.15, 0.2) is 18.2 Å². The van der Waals surface area contributed by atoms with Crippen LogP contribution < -0.4 is 4.74 Å². The van der Waals surface area contributed by atoms with E-state index in [4.69, 9.17) is 9.84 Å². The van der Waals surface area contributed by atoms with E-state index in [0.29, 0.717) is 17.9 Å². The monoisotopic (exact) mass is 222 g/mol. The van der Waals surface area contributed by atoms with Crippen molar-refractivity contribution >= 4 is 0 Å². The molecule has 0 amide bonds. The number of ether oxygens (including phenoxy) is 1. The summed E-state index contributed by atoms with van der Waals surface area (Å²) in [6, 6.07) is 4.32. The Morgan fingerprint density at radius 1 is 1.38 bits per heavy atom. The van der Waals surface area contributed by atoms with Crippen molar-refractivity contribution in [1.82, 2.24) is 0 Å². The smallest absolute Gasteiger partial charge is 0.128 e. The van der Waals surface area contributed by atoms with E-state index in [9.17, 15) is 4.39 Å². The molecule has 0 fully saturated rings. The Labute approximate surface area is 95.1 Å². The molecule has 0 bridgehead atoms. The molecule has 0 aliphatic carbocycles. The van der Waals surface area contributed by atoms with Crippen LogP contribution in [-0.4, -0.2) is 18.3 Å². The molecule has 1 rings (SSSR count). The molecular formula is C13H15FO2. The van der Waals surface area contributed by atoms with Crippen molar-refractivity contribution in [2.24, 2.45) is 0 Å². The highest BCUT2D eigenvalue weighted by molar-refractivity contribution is 5.40. The van der Waals surface area contributed by atoms with Crippen molar-refractivity contribution in [3.05, 3.63) is 29.6 Å². The van der Waals surface area contributed by atoms with Crippen molar-refractivity contribution in [3.8, 4) is 17.6 Å². The van der Waals surface area contributed by atoms with E-state index >= 15 is 0 Å². The fourth-order valence-corrected chi connectivity index (χ4v) is 1.19. The van der Waals surface area contributed by atoms with Crippen LogP contribution in [0.5, 0.6) is 5.75 Å². The van der Waals surface area contributed by atoms with Gasteiger partial charge in [0.1, 0.15) is 18.2 Å². The zero-order chi connectivity index (χ0) is 11.8. The minimum absolute atomic E-state index is 0.234. The van der Waals surface area contributed by atoms with Gasteiger partial charge in [-0.05, 0) is 18.6 Å². The minimum Gasteiger partial charge on any atom is -0.493 e. The minimum atomic E-state index is -0.378. The van der Waals surface area contributed by atoms with Crippen LogP contribution in [0.1, 0.15) is 25.3 Å². The van der Waals surface area contributed by atoms with Crippen LogP contribution >= 0.6 is 0 Å². The van der Waals surface area contributed by atoms with Crippen LogP contribution in [0, 0.1) is 17.7 Å². The number of hydrogen-bond acceptors (Lipinski definition) is 2. The lowest BCUT2D eigenvalue weighted by molar-refractivity contribution is 0.308. The standard InChI is InChI=1S/C13H15FO2/c1-2-3-7-16-13-9-11(5-4-6-15)8-12(14)10-13/h8-10,15H,2-3,6-7H2,1H3. The van der Waals surface area contributed by atoms with Crippen LogP contribution in [-0.2, 0) is 0 Å². The van der Waals surface area contributed by atoms with Gasteiger partial charge in [0.25, 0.3) is 0 Å². The molecule has 1 aromatic carbocycles. The highest BCUT2D eigenvalue weighted by Crippen LogP contribution is 2.16. The molecule has 0 spiro atoms. The average Bonchev–Trinajstić information content (AvgIpc) is 2.26. The Hall–Kier alpha value is -1.53. The number of hydrogen-bond donors (Lipinski definition) is 1. The summed E-state index contributed by atoms with van der Waals surface area (Å²) in [4.78, 5) is 0. The van der Waals surface area contributed by atoms with Gasteiger partial charge in [-0.3, -0.25) is 0 Å². The van der Waals surface area contributed by atoms with Crippen molar-refractivity contribution in [2.75, 3.05) is 13.2 Å². The van der Waals surface area contributed by atoms with E-state index in [1.807, 2.05) is 0 Å². The Morgan fingerprint density at radius 3 is 2.88 bits per heavy atom. The molecule has 0 saturated heterocycles. The molecule has 0 aliphatic heterocycles. The Balaban J connectivity index is 2.73. The SMILES string of the molecule is CCCCOc1cc(F)cc(C#CCO)c1. The van der Waals surface area contributed by atoms with Gasteiger partial charge in [0, 0.05) is 11.6 Å². The van der Waals surface area contributed by atoms with Crippen LogP contribution in [0.4, 0.5) is 4.39 Å². The Morgan fingerprint density at radius 2 is 2.19 bits per heavy atom. The van der Waals surface area contributed by atoms with Crippen LogP contribution in [0.3, 0.4) is 0 Å². The van der Waals surface area contributed by atoms with Gasteiger partial charge in [-0.25, -0.2) is 4.39 Å². The largest absolute Gasteiger partial charge is 0.493 e. The van der Waals surface area contributed by atoms with Gasteiger partial charge in [0.15, 0.2) is 0 Å². The zero-order valence-corrected chi connectivity index (χ0v) is 9.29. The van der Waals surface area contributed by atoms with E-state index in [-0.39, 0.29) is 12.4 Å². The predicted octanol–water partition coefficient (Wildman–Crippen LogP) is 2.35. The molecule has 16 heavy (non-hydrogen) atoms. The fourth-order valence-electron chi connectivity index (χ4n) is 1.19. The van der Waals surface area contributed by atoms with E-state index < -0.39 is 0 Å². The summed E-state index contributed by atoms with van der Waals surface area (Å²) in [6.07, 6.45) is 1.97. The maximum Gasteiger partial charge on any atom is 0.128 e. The summed E-state index contributed by atoms with van der Waals surface area (Å²) in [5.74, 6) is 5.22. The lowest BCUT2D eigenvalue weighted by atomic mass is 10.2. The Kier molecular flexibility index (Phi) is 5.38. The molecule has 0 aromatic heterocycles. The van der Waals surface area contributed by atoms with E-state index in [2.05, 4.69) is 18.8 Å². The second-order valence-corrected chi connectivity index (χ2v) is 3.34. The summed E-state index contributed by atoms with van der Waals surface area (Å²) in [6.45, 7) is 2.41. The quantitative estimate of drug-likeness (QED) is 0.626. The number of halogens is 1. The first kappa shape index (κ1) is 12.5. The molecule has 0 radical (unpaired) electrons. The summed E-state index contributed by atoms with van der Waals surface area (Å²) < 4.78 is 18.5. The molecule has 0 unspecified atom stereocenters. The van der Waals surface area contributed by atoms with Gasteiger partial charge in [0.05, 0.1) is 6.61 Å². The van der Waals surface area contributed by atoms with E-state index in [1.165, 1.54) is 12.1 Å². The first-order chi connectivity index (χ1) is 7.76. The topological polar surface area (TPSA) is 29.5 Å². The Bertz CT molecular complexity index is 391. The van der Waals surface area contributed by atoms with Gasteiger partial charge < -0.3 is 9.84 Å². The van der Waals surface area contributed by atoms with E-state index in [1.54, 1.807) is 6.07 Å². The first-order valence-electron chi connectivity index (χ1n) is 5.29. The molecule has 1 N–H and O–H groups in total. The molecule has 86 valence electrons. The van der Waals surface area contributed by atoms with Crippen molar-refractivity contribution in [1.29, 1.82) is 0 Å². The van der Waals surface area contributed by atoms with E-state index in [0.717, 1.165) is 12.8 Å². The lowest BCUT2D eigenvalue weighted by Gasteiger charge is -2.05. The third kappa shape index (κ3) is 4.33. The fraction of sp³-hybridized carbons (Fsp3) is 0.385. The van der Waals surface area contributed by atoms with Gasteiger partial charge >= 0.3 is 0 Å². The van der Waals surface area contributed by atoms with Gasteiger partial charge in [-0.1, -0.05) is 25.2 Å². The normalized spacial score (nSPS) is 9.44. The van der Waals surface area contributed by atoms with Crippen LogP contribution in [0.2, 0.25) is 0 Å². The van der Waals surface area contributed by atoms with Crippen molar-refractivity contribution < 1.29 is 14.2 Å². The summed E-state index contributed by atoms with van der Waals surface area (Å²) in [5, 5.41) is 8.54. The molecule has 0 saturated carbocycles. The molecule has 1 aromatic rings. The zero-order valence-electron chi connectivity index (χ0n) is 9.29. The van der Waals surface area contributed by atoms with Gasteiger partial charge in [-0.2, -0.15) is 0 Å². The summed E-state index contributed by atoms with van der Waals surface area (Å²) in [5.41, 5.74) is 0.514. The molecule has 0 aliphatic rings. The molecule has 3 heteroatoms. The number of aliphatic hydroxyl groups is 1. The third-order valence-corrected chi connectivity index (χ3v) is 1.95. The molecule has 0 atom stereocenters. The molecule has 0 heterocycles. The van der Waals surface area contributed by atoms with Crippen molar-refractivity contribution in [3.63, 3.8) is 0 Å². The lowest BCUT2D eigenvalue weighted by Crippen LogP contribution is -1.97. The maximum atomic E-state index is 13.2. The average molecular weight is 222 g/mol. The van der Waals surface area contributed by atoms with Gasteiger partial charge in [0.2, 0.25) is 0 Å². The highest BCUT2D eigenvalue weighted by atomic mass is 19.1. The first-order valence-corrected chi connectivity index (χ1v) is 5.29. The predicted molar refractivity (Wildman–Crippen MR) is 60.8 cm³/mol.